The Balaban J connectivity index is 1.31. The molecule has 60 heavy (non-hydrogen) atoms. The van der Waals surface area contributed by atoms with Gasteiger partial charge in [0.15, 0.2) is 5.78 Å². The number of hydrogen-bond acceptors (Lipinski definition) is 8. The van der Waals surface area contributed by atoms with Crippen molar-refractivity contribution in [2.24, 2.45) is 62.1 Å². The van der Waals surface area contributed by atoms with Crippen LogP contribution >= 0.6 is 11.6 Å². The summed E-state index contributed by atoms with van der Waals surface area (Å²) in [5, 5.41) is 23.7. The number of benzene rings is 1. The molecule has 4 saturated carbocycles. The van der Waals surface area contributed by atoms with Crippen LogP contribution in [0.2, 0.25) is 5.02 Å². The summed E-state index contributed by atoms with van der Waals surface area (Å²) in [5.41, 5.74) is -0.307. The largest absolute Gasteiger partial charge is 0.481 e. The number of ketones is 1. The summed E-state index contributed by atoms with van der Waals surface area (Å²) in [6.45, 7) is 20.9. The minimum Gasteiger partial charge on any atom is -0.481 e. The smallest absolute Gasteiger partial charge is 0.309 e. The van der Waals surface area contributed by atoms with Gasteiger partial charge in [-0.1, -0.05) is 65.3 Å². The third-order valence-electron chi connectivity index (χ3n) is 17.1. The molecule has 3 N–H and O–H groups in total. The van der Waals surface area contributed by atoms with Crippen LogP contribution in [0.25, 0.3) is 0 Å². The van der Waals surface area contributed by atoms with E-state index in [0.29, 0.717) is 36.4 Å². The lowest BCUT2D eigenvalue weighted by molar-refractivity contribution is -0.219. The first-order chi connectivity index (χ1) is 27.8. The number of hydrogen-bond donors (Lipinski definition) is 3. The Kier molecular flexibility index (Phi) is 12.7. The predicted octanol–water partition coefficient (Wildman–Crippen LogP) is 9.85. The number of carbonyl (C=O) groups excluding carboxylic acids is 3. The second-order valence-electron chi connectivity index (χ2n) is 21.8. The van der Waals surface area contributed by atoms with Crippen LogP contribution in [0.15, 0.2) is 35.4 Å². The Morgan fingerprint density at radius 1 is 0.850 bits per heavy atom. The number of halogens is 1. The van der Waals surface area contributed by atoms with E-state index >= 15 is 0 Å². The van der Waals surface area contributed by atoms with Gasteiger partial charge in [-0.2, -0.15) is 0 Å². The van der Waals surface area contributed by atoms with Crippen molar-refractivity contribution in [2.45, 2.75) is 159 Å². The Morgan fingerprint density at radius 2 is 1.47 bits per heavy atom. The zero-order valence-electron chi connectivity index (χ0n) is 37.7. The third-order valence-corrected chi connectivity index (χ3v) is 17.3. The highest BCUT2D eigenvalue weighted by atomic mass is 35.5. The first-order valence-corrected chi connectivity index (χ1v) is 22.8. The van der Waals surface area contributed by atoms with Gasteiger partial charge in [0.2, 0.25) is 0 Å². The van der Waals surface area contributed by atoms with Gasteiger partial charge < -0.3 is 25.0 Å². The van der Waals surface area contributed by atoms with E-state index in [1.165, 1.54) is 19.4 Å². The minimum atomic E-state index is -1.31. The zero-order chi connectivity index (χ0) is 44.4. The van der Waals surface area contributed by atoms with E-state index in [9.17, 15) is 34.2 Å². The number of carboxylic acid groups (broad SMARTS) is 2. The summed E-state index contributed by atoms with van der Waals surface area (Å²) in [4.78, 5) is 65.2. The molecule has 0 aliphatic heterocycles. The van der Waals surface area contributed by atoms with Crippen molar-refractivity contribution < 1.29 is 43.7 Å². The fraction of sp³-hybridized carbons (Fsp3) is 0.735. The second kappa shape index (κ2) is 16.5. The molecule has 0 radical (unpaired) electrons. The molecule has 1 aromatic carbocycles. The Labute approximate surface area is 362 Å². The van der Waals surface area contributed by atoms with E-state index in [0.717, 1.165) is 56.1 Å². The molecule has 1 aromatic rings. The van der Waals surface area contributed by atoms with Gasteiger partial charge >= 0.3 is 23.9 Å². The minimum absolute atomic E-state index is 0.0134. The highest BCUT2D eigenvalue weighted by Crippen LogP contribution is 2.76. The van der Waals surface area contributed by atoms with E-state index in [1.54, 1.807) is 13.8 Å². The van der Waals surface area contributed by atoms with Crippen LogP contribution in [0.1, 0.15) is 145 Å². The fourth-order valence-corrected chi connectivity index (χ4v) is 13.5. The quantitative estimate of drug-likeness (QED) is 0.154. The maximum Gasteiger partial charge on any atom is 0.309 e. The van der Waals surface area contributed by atoms with Gasteiger partial charge in [-0.3, -0.25) is 24.0 Å². The maximum absolute atomic E-state index is 14.5. The summed E-state index contributed by atoms with van der Waals surface area (Å²) in [7, 11) is 0. The summed E-state index contributed by atoms with van der Waals surface area (Å²) < 4.78 is 12.6. The van der Waals surface area contributed by atoms with Crippen molar-refractivity contribution in [2.75, 3.05) is 6.54 Å². The molecule has 0 amide bonds. The number of carbonyl (C=O) groups is 5. The second-order valence-corrected chi connectivity index (χ2v) is 22.2. The number of fused-ring (bicyclic) bond motifs is 7. The van der Waals surface area contributed by atoms with Gasteiger partial charge in [0.1, 0.15) is 12.2 Å². The molecule has 0 bridgehead atoms. The molecule has 4 fully saturated rings. The Hall–Kier alpha value is -3.24. The van der Waals surface area contributed by atoms with Crippen LogP contribution in [0, 0.1) is 62.1 Å². The number of ether oxygens (including phenoxy) is 2. The Morgan fingerprint density at radius 3 is 2.07 bits per heavy atom. The van der Waals surface area contributed by atoms with E-state index in [1.807, 2.05) is 24.3 Å². The van der Waals surface area contributed by atoms with Crippen molar-refractivity contribution in [3.63, 3.8) is 0 Å². The van der Waals surface area contributed by atoms with Gasteiger partial charge in [-0.15, -0.1) is 0 Å². The SMILES string of the molecule is CC(C)C1=C2[C@H]3CCC4[C@@]5(C)CC[C@H](OC(=O)CC(C)(C)C(=O)O)[C@H](C)C5CC[C@@]4(C)[C@]3(C)CC[C@@]2(C(CNCc2ccc(Cl)cc2)OC(=O)CC(C)(C)C(=O)O)CC1=O. The number of nitrogens with one attached hydrogen (secondary N) is 1. The summed E-state index contributed by atoms with van der Waals surface area (Å²) in [6, 6.07) is 7.59. The van der Waals surface area contributed by atoms with E-state index in [2.05, 4.69) is 46.9 Å². The molecule has 10 atom stereocenters. The fourth-order valence-electron chi connectivity index (χ4n) is 13.4. The number of aliphatic carboxylic acids is 2. The number of Topliss-reactive ketones (excluding diaryl/α,β-unsaturated/α-hetero) is 1. The molecule has 3 unspecified atom stereocenters. The standard InChI is InChI=1S/C49H70ClNO9/c1-28(2)40-34(52)23-49(37(60-39(54)25-45(6,7)43(57)58)27-51-26-30-11-13-31(50)14-12-30)22-21-47(9)33(41(40)49)15-16-36-46(8)19-18-35(29(3)32(46)17-20-48(36,47)10)59-38(53)24-44(4,5)42(55)56/h11-14,28-29,32-33,35-37,51H,15-27H2,1-10H3,(H,55,56)(H,57,58)/t29-,32?,33-,35+,36?,37?,46+,47-,48-,49+/m1/s1. The molecule has 5 aliphatic carbocycles. The van der Waals surface area contributed by atoms with Gasteiger partial charge in [0, 0.05) is 29.9 Å². The summed E-state index contributed by atoms with van der Waals surface area (Å²) in [5.74, 6) is -1.98. The highest BCUT2D eigenvalue weighted by Gasteiger charge is 2.70. The van der Waals surface area contributed by atoms with Gasteiger partial charge in [-0.05, 0) is 154 Å². The van der Waals surface area contributed by atoms with Crippen molar-refractivity contribution in [1.29, 1.82) is 0 Å². The molecule has 0 saturated heterocycles. The van der Waals surface area contributed by atoms with Gasteiger partial charge in [-0.25, -0.2) is 0 Å². The molecule has 332 valence electrons. The van der Waals surface area contributed by atoms with Crippen molar-refractivity contribution in [1.82, 2.24) is 5.32 Å². The lowest BCUT2D eigenvalue weighted by Gasteiger charge is -2.71. The van der Waals surface area contributed by atoms with Crippen LogP contribution in [0.5, 0.6) is 0 Å². The molecule has 0 heterocycles. The number of carboxylic acids is 2. The lowest BCUT2D eigenvalue weighted by Crippen LogP contribution is -2.65. The van der Waals surface area contributed by atoms with E-state index in [-0.39, 0.29) is 65.1 Å². The molecule has 0 spiro atoms. The number of esters is 2. The van der Waals surface area contributed by atoms with E-state index in [4.69, 9.17) is 21.1 Å². The van der Waals surface area contributed by atoms with Gasteiger partial charge in [0.25, 0.3) is 0 Å². The zero-order valence-corrected chi connectivity index (χ0v) is 38.4. The van der Waals surface area contributed by atoms with Crippen LogP contribution < -0.4 is 5.32 Å². The van der Waals surface area contributed by atoms with Crippen molar-refractivity contribution in [3.8, 4) is 0 Å². The van der Waals surface area contributed by atoms with Crippen LogP contribution in [0.4, 0.5) is 0 Å². The molecule has 10 nitrogen and oxygen atoms in total. The molecular weight excluding hydrogens is 782 g/mol. The first-order valence-electron chi connectivity index (χ1n) is 22.4. The van der Waals surface area contributed by atoms with Crippen LogP contribution in [-0.4, -0.2) is 58.6 Å². The molecule has 0 aromatic heterocycles. The predicted molar refractivity (Wildman–Crippen MR) is 230 cm³/mol. The maximum atomic E-state index is 14.5. The highest BCUT2D eigenvalue weighted by molar-refractivity contribution is 6.30. The van der Waals surface area contributed by atoms with Crippen LogP contribution in [0.3, 0.4) is 0 Å². The molecular formula is C49H70ClNO9. The third kappa shape index (κ3) is 7.99. The monoisotopic (exact) mass is 851 g/mol. The summed E-state index contributed by atoms with van der Waals surface area (Å²) >= 11 is 6.17. The molecule has 5 aliphatic rings. The van der Waals surface area contributed by atoms with E-state index < -0.39 is 46.2 Å². The van der Waals surface area contributed by atoms with Crippen molar-refractivity contribution in [3.05, 3.63) is 46.0 Å². The average molecular weight is 853 g/mol. The van der Waals surface area contributed by atoms with Crippen molar-refractivity contribution >= 4 is 41.3 Å². The topological polar surface area (TPSA) is 156 Å². The van der Waals surface area contributed by atoms with Gasteiger partial charge in [0.05, 0.1) is 23.7 Å². The van der Waals surface area contributed by atoms with Crippen LogP contribution in [-0.2, 0) is 40.0 Å². The number of allylic oxidation sites excluding steroid dienone is 1. The molecule has 11 heteroatoms. The summed E-state index contributed by atoms with van der Waals surface area (Å²) in [6.07, 6.45) is 6.05. The average Bonchev–Trinajstić information content (AvgIpc) is 3.46. The molecule has 6 rings (SSSR count). The Bertz CT molecular complexity index is 1900. The number of rotatable bonds is 14. The lowest BCUT2D eigenvalue weighted by atomic mass is 9.33. The first kappa shape index (κ1) is 46.3. The normalized spacial score (nSPS) is 34.5.